The van der Waals surface area contributed by atoms with Crippen LogP contribution in [-0.4, -0.2) is 39.8 Å². The molecule has 0 fully saturated rings. The van der Waals surface area contributed by atoms with Gasteiger partial charge >= 0.3 is 0 Å². The first-order valence-electron chi connectivity index (χ1n) is 12.1. The van der Waals surface area contributed by atoms with Gasteiger partial charge in [0.2, 0.25) is 0 Å². The largest absolute Gasteiger partial charge is 0.276 e. The predicted octanol–water partition coefficient (Wildman–Crippen LogP) is 6.33. The van der Waals surface area contributed by atoms with E-state index in [1.807, 2.05) is 30.3 Å². The number of non-ortho nitro benzene ring substituents is 2. The monoisotopic (exact) mass is 588 g/mol. The first kappa shape index (κ1) is 29.7. The summed E-state index contributed by atoms with van der Waals surface area (Å²) in [6, 6.07) is 20.4. The van der Waals surface area contributed by atoms with Gasteiger partial charge in [0.25, 0.3) is 11.4 Å². The van der Waals surface area contributed by atoms with E-state index in [0.29, 0.717) is 23.5 Å². The molecule has 0 unspecified atom stereocenters. The Bertz CT molecular complexity index is 1820. The molecule has 1 N–H and O–H groups in total. The number of nitrogens with zero attached hydrogens (tertiary/aromatic N) is 7. The molecule has 0 aliphatic rings. The molecule has 0 bridgehead atoms. The average molecular weight is 589 g/mol. The molecule has 0 saturated carbocycles. The smallest absolute Gasteiger partial charge is 0.272 e. The van der Waals surface area contributed by atoms with Crippen LogP contribution in [0.1, 0.15) is 0 Å². The molecule has 6 aromatic rings. The van der Waals surface area contributed by atoms with Crippen LogP contribution >= 0.6 is 0 Å². The number of aromatic amines is 1. The molecule has 6 rings (SSSR count). The number of benzene rings is 2. The molecule has 0 atom stereocenters. The maximum Gasteiger partial charge on any atom is 0.272 e. The van der Waals surface area contributed by atoms with Gasteiger partial charge in [0.05, 0.1) is 39.1 Å². The van der Waals surface area contributed by atoms with Crippen LogP contribution in [-0.2, 0) is 0 Å². The van der Waals surface area contributed by atoms with Crippen molar-refractivity contribution in [3.05, 3.63) is 147 Å². The summed E-state index contributed by atoms with van der Waals surface area (Å²) in [6.45, 7) is 0. The molecule has 0 spiro atoms. The van der Waals surface area contributed by atoms with E-state index in [2.05, 4.69) is 25.3 Å². The molecule has 12 nitrogen and oxygen atoms in total. The summed E-state index contributed by atoms with van der Waals surface area (Å²) in [5.41, 5.74) is 2.52. The van der Waals surface area contributed by atoms with Crippen molar-refractivity contribution in [1.82, 2.24) is 29.9 Å². The molecule has 2 aromatic carbocycles. The van der Waals surface area contributed by atoms with Crippen LogP contribution < -0.4 is 0 Å². The van der Waals surface area contributed by atoms with Crippen molar-refractivity contribution in [1.29, 1.82) is 0 Å². The van der Waals surface area contributed by atoms with Gasteiger partial charge in [0, 0.05) is 36.9 Å². The second-order valence-electron chi connectivity index (χ2n) is 8.29. The summed E-state index contributed by atoms with van der Waals surface area (Å²) in [5.74, 6) is -3.00. The minimum atomic E-state index is -1.21. The van der Waals surface area contributed by atoms with E-state index in [4.69, 9.17) is 0 Å². The predicted molar refractivity (Wildman–Crippen MR) is 148 cm³/mol. The van der Waals surface area contributed by atoms with Crippen molar-refractivity contribution in [3.8, 4) is 28.5 Å². The summed E-state index contributed by atoms with van der Waals surface area (Å²) in [5, 5.41) is 31.5. The van der Waals surface area contributed by atoms with E-state index in [0.717, 1.165) is 23.5 Å². The second kappa shape index (κ2) is 13.9. The molecule has 0 saturated heterocycles. The molecular weight excluding hydrogens is 569 g/mol. The van der Waals surface area contributed by atoms with Crippen LogP contribution in [0, 0.1) is 37.7 Å². The van der Waals surface area contributed by atoms with Crippen molar-refractivity contribution in [3.63, 3.8) is 0 Å². The normalized spacial score (nSPS) is 10.1. The molecule has 0 radical (unpaired) electrons. The lowest BCUT2D eigenvalue weighted by Gasteiger charge is -2.02. The number of nitro groups is 2. The zero-order chi connectivity index (χ0) is 30.8. The number of aromatic nitrogens is 6. The van der Waals surface area contributed by atoms with Gasteiger partial charge in [0.1, 0.15) is 11.4 Å². The Labute approximate surface area is 240 Å². The minimum Gasteiger partial charge on any atom is -0.276 e. The molecule has 0 aliphatic carbocycles. The molecule has 0 aliphatic heterocycles. The van der Waals surface area contributed by atoms with Gasteiger partial charge in [-0.3, -0.25) is 35.3 Å². The van der Waals surface area contributed by atoms with E-state index in [1.165, 1.54) is 16.8 Å². The van der Waals surface area contributed by atoms with Gasteiger partial charge in [-0.25, -0.2) is 17.9 Å². The highest BCUT2D eigenvalue weighted by Gasteiger charge is 2.13. The number of pyridine rings is 2. The maximum atomic E-state index is 13.9. The lowest BCUT2D eigenvalue weighted by Crippen LogP contribution is -2.00. The molecular formula is C28H19F3N8O4. The fourth-order valence-electron chi connectivity index (χ4n) is 3.42. The number of rotatable bonds is 5. The van der Waals surface area contributed by atoms with E-state index >= 15 is 0 Å². The number of H-pyrrole nitrogens is 1. The van der Waals surface area contributed by atoms with E-state index < -0.39 is 33.0 Å². The summed E-state index contributed by atoms with van der Waals surface area (Å²) >= 11 is 0. The van der Waals surface area contributed by atoms with Gasteiger partial charge in [-0.1, -0.05) is 12.1 Å². The average Bonchev–Trinajstić information content (AvgIpc) is 3.74. The van der Waals surface area contributed by atoms with Crippen molar-refractivity contribution in [2.24, 2.45) is 0 Å². The molecule has 216 valence electrons. The standard InChI is InChI=1S/C14H9FN4O2.C8H7N3.C6H3F2NO2/c15-11-9-10(19(20)21)4-5-14(11)18-8-6-13(17-18)12-3-1-2-7-16-12;1-2-5-9-7(3-1)8-4-6-10-11-8;7-5-2-1-4(9(10)11)3-6(5)8/h1-9H;1-6H,(H,10,11);1-3H. The van der Waals surface area contributed by atoms with Gasteiger partial charge in [0.15, 0.2) is 17.5 Å². The van der Waals surface area contributed by atoms with E-state index in [9.17, 15) is 33.4 Å². The van der Waals surface area contributed by atoms with Gasteiger partial charge in [-0.2, -0.15) is 10.2 Å². The highest BCUT2D eigenvalue weighted by atomic mass is 19.2. The highest BCUT2D eigenvalue weighted by molar-refractivity contribution is 5.54. The number of hydrogen-bond donors (Lipinski definition) is 1. The summed E-state index contributed by atoms with van der Waals surface area (Å²) in [6.07, 6.45) is 6.69. The lowest BCUT2D eigenvalue weighted by atomic mass is 10.2. The number of nitrogens with one attached hydrogen (secondary N) is 1. The van der Waals surface area contributed by atoms with Gasteiger partial charge in [-0.05, 0) is 48.5 Å². The van der Waals surface area contributed by atoms with Crippen molar-refractivity contribution in [2.45, 2.75) is 0 Å². The Morgan fingerprint density at radius 3 is 1.81 bits per heavy atom. The topological polar surface area (TPSA) is 159 Å². The fraction of sp³-hybridized carbons (Fsp3) is 0. The highest BCUT2D eigenvalue weighted by Crippen LogP contribution is 2.21. The summed E-state index contributed by atoms with van der Waals surface area (Å²) < 4.78 is 39.7. The Morgan fingerprint density at radius 2 is 1.28 bits per heavy atom. The van der Waals surface area contributed by atoms with Crippen LogP contribution in [0.25, 0.3) is 28.5 Å². The zero-order valence-electron chi connectivity index (χ0n) is 21.8. The third-order valence-corrected chi connectivity index (χ3v) is 5.46. The second-order valence-corrected chi connectivity index (χ2v) is 8.29. The van der Waals surface area contributed by atoms with Crippen molar-refractivity contribution >= 4 is 11.4 Å². The Balaban J connectivity index is 0.000000162. The Hall–Kier alpha value is -6.25. The Kier molecular flexibility index (Phi) is 9.60. The van der Waals surface area contributed by atoms with Crippen molar-refractivity contribution in [2.75, 3.05) is 0 Å². The zero-order valence-corrected chi connectivity index (χ0v) is 21.8. The van der Waals surface area contributed by atoms with E-state index in [1.54, 1.807) is 43.0 Å². The number of halogens is 3. The maximum absolute atomic E-state index is 13.9. The molecule has 4 heterocycles. The van der Waals surface area contributed by atoms with Crippen LogP contribution in [0.2, 0.25) is 0 Å². The SMILES string of the molecule is O=[N+]([O-])c1ccc(-n2ccc(-c3ccccn3)n2)c(F)c1.O=[N+]([O-])c1ccc(F)c(F)c1.c1ccc(-c2ccn[nH]2)nc1. The fourth-order valence-corrected chi connectivity index (χ4v) is 3.42. The first-order valence-corrected chi connectivity index (χ1v) is 12.1. The van der Waals surface area contributed by atoms with Crippen LogP contribution in [0.3, 0.4) is 0 Å². The molecule has 0 amide bonds. The quantitative estimate of drug-likeness (QED) is 0.181. The van der Waals surface area contributed by atoms with Crippen molar-refractivity contribution < 1.29 is 23.0 Å². The van der Waals surface area contributed by atoms with Crippen LogP contribution in [0.4, 0.5) is 24.5 Å². The third-order valence-electron chi connectivity index (χ3n) is 5.46. The third kappa shape index (κ3) is 7.91. The summed E-state index contributed by atoms with van der Waals surface area (Å²) in [7, 11) is 0. The van der Waals surface area contributed by atoms with E-state index in [-0.39, 0.29) is 11.4 Å². The molecule has 15 heteroatoms. The lowest BCUT2D eigenvalue weighted by molar-refractivity contribution is -0.385. The first-order chi connectivity index (χ1) is 20.7. The van der Waals surface area contributed by atoms with Crippen LogP contribution in [0.5, 0.6) is 0 Å². The van der Waals surface area contributed by atoms with Gasteiger partial charge in [-0.15, -0.1) is 0 Å². The molecule has 43 heavy (non-hydrogen) atoms. The number of nitro benzene ring substituents is 2. The number of hydrogen-bond acceptors (Lipinski definition) is 8. The summed E-state index contributed by atoms with van der Waals surface area (Å²) in [4.78, 5) is 27.5. The van der Waals surface area contributed by atoms with Gasteiger partial charge < -0.3 is 0 Å². The minimum absolute atomic E-state index is 0.141. The van der Waals surface area contributed by atoms with Crippen LogP contribution in [0.15, 0.2) is 110 Å². The Morgan fingerprint density at radius 1 is 0.651 bits per heavy atom. The molecule has 4 aromatic heterocycles.